The Kier molecular flexibility index (Phi) is 3.72. The summed E-state index contributed by atoms with van der Waals surface area (Å²) in [7, 11) is 0. The molecule has 2 rings (SSSR count). The van der Waals surface area contributed by atoms with Crippen LogP contribution in [0.2, 0.25) is 0 Å². The van der Waals surface area contributed by atoms with Crippen LogP contribution in [0, 0.1) is 5.41 Å². The van der Waals surface area contributed by atoms with E-state index in [1.54, 1.807) is 0 Å². The van der Waals surface area contributed by atoms with Crippen LogP contribution in [0.3, 0.4) is 0 Å². The summed E-state index contributed by atoms with van der Waals surface area (Å²) in [5.41, 5.74) is -0.193. The van der Waals surface area contributed by atoms with Gasteiger partial charge in [0.2, 0.25) is 0 Å². The minimum Gasteiger partial charge on any atom is -0.480 e. The minimum atomic E-state index is -0.606. The summed E-state index contributed by atoms with van der Waals surface area (Å²) in [6.45, 7) is 7.65. The third-order valence-corrected chi connectivity index (χ3v) is 5.14. The second-order valence-electron chi connectivity index (χ2n) is 6.90. The molecule has 18 heavy (non-hydrogen) atoms. The average molecular weight is 253 g/mol. The van der Waals surface area contributed by atoms with Gasteiger partial charge in [0, 0.05) is 6.04 Å². The molecule has 1 heterocycles. The van der Waals surface area contributed by atoms with Gasteiger partial charge in [0.05, 0.1) is 0 Å². The molecule has 2 atom stereocenters. The molecule has 104 valence electrons. The van der Waals surface area contributed by atoms with E-state index in [9.17, 15) is 9.90 Å². The first-order valence-electron chi connectivity index (χ1n) is 7.41. The van der Waals surface area contributed by atoms with Gasteiger partial charge in [0.25, 0.3) is 0 Å². The Labute approximate surface area is 111 Å². The summed E-state index contributed by atoms with van der Waals surface area (Å²) in [4.78, 5) is 14.1. The molecule has 0 spiro atoms. The first-order chi connectivity index (χ1) is 8.41. The molecule has 1 saturated carbocycles. The fourth-order valence-corrected chi connectivity index (χ4v) is 4.12. The van der Waals surface area contributed by atoms with Crippen molar-refractivity contribution in [3.8, 4) is 0 Å². The summed E-state index contributed by atoms with van der Waals surface area (Å²) >= 11 is 0. The maximum absolute atomic E-state index is 11.7. The van der Waals surface area contributed by atoms with Gasteiger partial charge in [-0.15, -0.1) is 0 Å². The molecule has 2 unspecified atom stereocenters. The van der Waals surface area contributed by atoms with Crippen LogP contribution in [0.4, 0.5) is 0 Å². The van der Waals surface area contributed by atoms with Crippen molar-refractivity contribution in [2.75, 3.05) is 6.54 Å². The molecule has 0 aromatic rings. The molecule has 3 heteroatoms. The third kappa shape index (κ3) is 2.29. The lowest BCUT2D eigenvalue weighted by molar-refractivity contribution is -0.152. The lowest BCUT2D eigenvalue weighted by Crippen LogP contribution is -2.55. The van der Waals surface area contributed by atoms with E-state index in [0.29, 0.717) is 11.5 Å². The molecule has 2 fully saturated rings. The van der Waals surface area contributed by atoms with Gasteiger partial charge in [0.15, 0.2) is 0 Å². The van der Waals surface area contributed by atoms with E-state index < -0.39 is 11.5 Å². The van der Waals surface area contributed by atoms with Crippen molar-refractivity contribution >= 4 is 5.97 Å². The van der Waals surface area contributed by atoms with Gasteiger partial charge < -0.3 is 5.11 Å². The van der Waals surface area contributed by atoms with E-state index in [2.05, 4.69) is 18.7 Å². The average Bonchev–Trinajstić information content (AvgIpc) is 2.72. The SMILES string of the molecule is CCC1(C(=O)O)CCCN1C1CCCC(C)(C)C1. The largest absolute Gasteiger partial charge is 0.480 e. The fourth-order valence-electron chi connectivity index (χ4n) is 4.12. The van der Waals surface area contributed by atoms with Crippen LogP contribution in [0.25, 0.3) is 0 Å². The van der Waals surface area contributed by atoms with Crippen molar-refractivity contribution < 1.29 is 9.90 Å². The van der Waals surface area contributed by atoms with Crippen molar-refractivity contribution in [3.63, 3.8) is 0 Å². The molecule has 1 N–H and O–H groups in total. The predicted molar refractivity (Wildman–Crippen MR) is 72.6 cm³/mol. The Balaban J connectivity index is 2.18. The molecule has 1 aliphatic heterocycles. The fraction of sp³-hybridized carbons (Fsp3) is 0.933. The lowest BCUT2D eigenvalue weighted by atomic mass is 9.74. The van der Waals surface area contributed by atoms with Crippen LogP contribution in [0.15, 0.2) is 0 Å². The van der Waals surface area contributed by atoms with Crippen molar-refractivity contribution in [1.29, 1.82) is 0 Å². The Bertz CT molecular complexity index is 326. The maximum atomic E-state index is 11.7. The van der Waals surface area contributed by atoms with E-state index in [0.717, 1.165) is 32.2 Å². The Hall–Kier alpha value is -0.570. The number of carbonyl (C=O) groups is 1. The van der Waals surface area contributed by atoms with Crippen LogP contribution in [0.1, 0.15) is 65.7 Å². The summed E-state index contributed by atoms with van der Waals surface area (Å²) in [5.74, 6) is -0.606. The van der Waals surface area contributed by atoms with Crippen molar-refractivity contribution in [2.45, 2.75) is 77.3 Å². The first-order valence-corrected chi connectivity index (χ1v) is 7.41. The summed E-state index contributed by atoms with van der Waals surface area (Å²) in [6.07, 6.45) is 7.46. The van der Waals surface area contributed by atoms with E-state index in [-0.39, 0.29) is 0 Å². The Morgan fingerprint density at radius 3 is 2.61 bits per heavy atom. The Morgan fingerprint density at radius 1 is 1.33 bits per heavy atom. The minimum absolute atomic E-state index is 0.378. The standard InChI is InChI=1S/C15H27NO2/c1-4-15(13(17)18)9-6-10-16(15)12-7-5-8-14(2,3)11-12/h12H,4-11H2,1-3H3,(H,17,18). The summed E-state index contributed by atoms with van der Waals surface area (Å²) in [5, 5.41) is 9.65. The number of likely N-dealkylation sites (tertiary alicyclic amines) is 1. The molecule has 1 aliphatic carbocycles. The third-order valence-electron chi connectivity index (χ3n) is 5.14. The van der Waals surface area contributed by atoms with Gasteiger partial charge in [-0.1, -0.05) is 27.2 Å². The summed E-state index contributed by atoms with van der Waals surface area (Å²) < 4.78 is 0. The van der Waals surface area contributed by atoms with Gasteiger partial charge in [0.1, 0.15) is 5.54 Å². The van der Waals surface area contributed by atoms with E-state index in [4.69, 9.17) is 0 Å². The highest BCUT2D eigenvalue weighted by molar-refractivity contribution is 5.79. The zero-order chi connectivity index (χ0) is 13.4. The van der Waals surface area contributed by atoms with Crippen LogP contribution in [0.5, 0.6) is 0 Å². The topological polar surface area (TPSA) is 40.5 Å². The molecule has 1 saturated heterocycles. The van der Waals surface area contributed by atoms with Crippen LogP contribution >= 0.6 is 0 Å². The quantitative estimate of drug-likeness (QED) is 0.839. The predicted octanol–water partition coefficient (Wildman–Crippen LogP) is 3.28. The molecule has 0 radical (unpaired) electrons. The molecule has 3 nitrogen and oxygen atoms in total. The van der Waals surface area contributed by atoms with Crippen LogP contribution < -0.4 is 0 Å². The second kappa shape index (κ2) is 4.84. The number of hydrogen-bond acceptors (Lipinski definition) is 2. The van der Waals surface area contributed by atoms with Crippen molar-refractivity contribution in [3.05, 3.63) is 0 Å². The van der Waals surface area contributed by atoms with Gasteiger partial charge in [-0.2, -0.15) is 0 Å². The highest BCUT2D eigenvalue weighted by Crippen LogP contribution is 2.43. The van der Waals surface area contributed by atoms with E-state index in [1.807, 2.05) is 6.92 Å². The van der Waals surface area contributed by atoms with Gasteiger partial charge in [-0.05, 0) is 50.5 Å². The zero-order valence-corrected chi connectivity index (χ0v) is 12.0. The molecule has 0 amide bonds. The monoisotopic (exact) mass is 253 g/mol. The maximum Gasteiger partial charge on any atom is 0.324 e. The Morgan fingerprint density at radius 2 is 2.06 bits per heavy atom. The highest BCUT2D eigenvalue weighted by Gasteiger charge is 2.49. The number of aliphatic carboxylic acids is 1. The highest BCUT2D eigenvalue weighted by atomic mass is 16.4. The summed E-state index contributed by atoms with van der Waals surface area (Å²) in [6, 6.07) is 0.479. The van der Waals surface area contributed by atoms with E-state index >= 15 is 0 Å². The normalized spacial score (nSPS) is 36.7. The first kappa shape index (κ1) is 13.9. The zero-order valence-electron chi connectivity index (χ0n) is 12.0. The smallest absolute Gasteiger partial charge is 0.324 e. The lowest BCUT2D eigenvalue weighted by Gasteiger charge is -2.45. The number of carboxylic acids is 1. The number of nitrogens with zero attached hydrogens (tertiary/aromatic N) is 1. The molecular weight excluding hydrogens is 226 g/mol. The molecule has 2 aliphatic rings. The van der Waals surface area contributed by atoms with Crippen molar-refractivity contribution in [1.82, 2.24) is 4.90 Å². The molecule has 0 bridgehead atoms. The van der Waals surface area contributed by atoms with Gasteiger partial charge in [-0.3, -0.25) is 9.69 Å². The van der Waals surface area contributed by atoms with Crippen LogP contribution in [-0.2, 0) is 4.79 Å². The number of rotatable bonds is 3. The van der Waals surface area contributed by atoms with Crippen molar-refractivity contribution in [2.24, 2.45) is 5.41 Å². The molecule has 0 aromatic heterocycles. The number of carboxylic acid groups (broad SMARTS) is 1. The van der Waals surface area contributed by atoms with E-state index in [1.165, 1.54) is 19.3 Å². The second-order valence-corrected chi connectivity index (χ2v) is 6.90. The molecular formula is C15H27NO2. The van der Waals surface area contributed by atoms with Crippen LogP contribution in [-0.4, -0.2) is 34.1 Å². The van der Waals surface area contributed by atoms with Gasteiger partial charge in [-0.25, -0.2) is 0 Å². The molecule has 0 aromatic carbocycles. The van der Waals surface area contributed by atoms with Gasteiger partial charge >= 0.3 is 5.97 Å². The number of hydrogen-bond donors (Lipinski definition) is 1.